The third-order valence-corrected chi connectivity index (χ3v) is 3.53. The van der Waals surface area contributed by atoms with Crippen LogP contribution in [0.15, 0.2) is 41.1 Å². The molecule has 2 aromatic rings. The lowest BCUT2D eigenvalue weighted by molar-refractivity contribution is 0.0785. The van der Waals surface area contributed by atoms with Crippen LogP contribution < -0.4 is 0 Å². The molecule has 3 nitrogen and oxygen atoms in total. The number of amides is 1. The average Bonchev–Trinajstić information content (AvgIpc) is 2.36. The molecule has 0 aliphatic carbocycles. The van der Waals surface area contributed by atoms with Gasteiger partial charge in [-0.25, -0.2) is 4.98 Å². The third kappa shape index (κ3) is 3.95. The topological polar surface area (TPSA) is 33.2 Å². The second-order valence-corrected chi connectivity index (χ2v) is 5.99. The first-order valence-corrected chi connectivity index (χ1v) is 7.32. The fraction of sp³-hybridized carbons (Fsp3) is 0.143. The molecule has 0 radical (unpaired) electrons. The van der Waals surface area contributed by atoms with Crippen LogP contribution >= 0.6 is 39.1 Å². The second kappa shape index (κ2) is 6.57. The smallest absolute Gasteiger partial charge is 0.254 e. The predicted octanol–water partition coefficient (Wildman–Crippen LogP) is 4.42. The van der Waals surface area contributed by atoms with Gasteiger partial charge in [-0.1, -0.05) is 23.2 Å². The SMILES string of the molecule is CN(Cc1cc(Cl)cc(Cl)c1)C(=O)c1ccnc(Br)c1. The van der Waals surface area contributed by atoms with Gasteiger partial charge in [-0.05, 0) is 51.8 Å². The van der Waals surface area contributed by atoms with E-state index in [9.17, 15) is 4.79 Å². The Balaban J connectivity index is 2.15. The summed E-state index contributed by atoms with van der Waals surface area (Å²) in [5.74, 6) is -0.0933. The Morgan fingerprint density at radius 3 is 2.50 bits per heavy atom. The largest absolute Gasteiger partial charge is 0.337 e. The van der Waals surface area contributed by atoms with Gasteiger partial charge in [-0.2, -0.15) is 0 Å². The zero-order valence-electron chi connectivity index (χ0n) is 10.6. The number of nitrogens with zero attached hydrogens (tertiary/aromatic N) is 2. The number of halogens is 3. The number of benzene rings is 1. The standard InChI is InChI=1S/C14H11BrCl2N2O/c1-19(8-9-4-11(16)7-12(17)5-9)14(20)10-2-3-18-13(15)6-10/h2-7H,8H2,1H3. The van der Waals surface area contributed by atoms with Crippen LogP contribution in [0, 0.1) is 0 Å². The Morgan fingerprint density at radius 1 is 1.25 bits per heavy atom. The Bertz CT molecular complexity index is 629. The normalized spacial score (nSPS) is 10.4. The molecule has 0 spiro atoms. The number of hydrogen-bond acceptors (Lipinski definition) is 2. The van der Waals surface area contributed by atoms with Crippen LogP contribution in [0.3, 0.4) is 0 Å². The van der Waals surface area contributed by atoms with E-state index in [1.165, 1.54) is 0 Å². The highest BCUT2D eigenvalue weighted by atomic mass is 79.9. The molecule has 0 bridgehead atoms. The van der Waals surface area contributed by atoms with E-state index in [2.05, 4.69) is 20.9 Å². The van der Waals surface area contributed by atoms with Gasteiger partial charge in [0.15, 0.2) is 0 Å². The number of aromatic nitrogens is 1. The first-order chi connectivity index (χ1) is 9.45. The van der Waals surface area contributed by atoms with E-state index in [-0.39, 0.29) is 5.91 Å². The Hall–Kier alpha value is -1.10. The Labute approximate surface area is 135 Å². The van der Waals surface area contributed by atoms with Crippen molar-refractivity contribution in [3.05, 3.63) is 62.3 Å². The fourth-order valence-electron chi connectivity index (χ4n) is 1.80. The van der Waals surface area contributed by atoms with Gasteiger partial charge in [0.1, 0.15) is 4.60 Å². The van der Waals surface area contributed by atoms with Gasteiger partial charge >= 0.3 is 0 Å². The molecule has 6 heteroatoms. The van der Waals surface area contributed by atoms with Crippen LogP contribution in [0.5, 0.6) is 0 Å². The molecule has 2 rings (SSSR count). The summed E-state index contributed by atoms with van der Waals surface area (Å²) in [6, 6.07) is 8.60. The van der Waals surface area contributed by atoms with E-state index < -0.39 is 0 Å². The molecule has 20 heavy (non-hydrogen) atoms. The van der Waals surface area contributed by atoms with Gasteiger partial charge in [-0.3, -0.25) is 4.79 Å². The lowest BCUT2D eigenvalue weighted by atomic mass is 10.2. The van der Waals surface area contributed by atoms with Gasteiger partial charge in [0.25, 0.3) is 5.91 Å². The van der Waals surface area contributed by atoms with E-state index in [4.69, 9.17) is 23.2 Å². The fourth-order valence-corrected chi connectivity index (χ4v) is 2.74. The van der Waals surface area contributed by atoms with Crippen molar-refractivity contribution < 1.29 is 4.79 Å². The summed E-state index contributed by atoms with van der Waals surface area (Å²) < 4.78 is 0.627. The molecule has 0 aliphatic rings. The zero-order valence-corrected chi connectivity index (χ0v) is 13.7. The maximum atomic E-state index is 12.3. The van der Waals surface area contributed by atoms with Gasteiger partial charge in [0.05, 0.1) is 0 Å². The molecule has 0 unspecified atom stereocenters. The van der Waals surface area contributed by atoms with Crippen LogP contribution in [-0.4, -0.2) is 22.8 Å². The monoisotopic (exact) mass is 372 g/mol. The van der Waals surface area contributed by atoms with Crippen molar-refractivity contribution in [3.8, 4) is 0 Å². The molecule has 0 saturated heterocycles. The highest BCUT2D eigenvalue weighted by molar-refractivity contribution is 9.10. The maximum absolute atomic E-state index is 12.3. The summed E-state index contributed by atoms with van der Waals surface area (Å²) in [5, 5.41) is 1.11. The van der Waals surface area contributed by atoms with Crippen molar-refractivity contribution in [1.29, 1.82) is 0 Å². The maximum Gasteiger partial charge on any atom is 0.254 e. The first-order valence-electron chi connectivity index (χ1n) is 5.77. The van der Waals surface area contributed by atoms with E-state index in [0.717, 1.165) is 5.56 Å². The van der Waals surface area contributed by atoms with Gasteiger partial charge < -0.3 is 4.90 Å². The Morgan fingerprint density at radius 2 is 1.90 bits per heavy atom. The number of rotatable bonds is 3. The molecule has 1 heterocycles. The molecule has 0 aliphatic heterocycles. The predicted molar refractivity (Wildman–Crippen MR) is 84.2 cm³/mol. The van der Waals surface area contributed by atoms with Crippen LogP contribution in [0.2, 0.25) is 10.0 Å². The highest BCUT2D eigenvalue weighted by Crippen LogP contribution is 2.20. The van der Waals surface area contributed by atoms with E-state index >= 15 is 0 Å². The molecule has 1 aromatic heterocycles. The lowest BCUT2D eigenvalue weighted by Crippen LogP contribution is -2.26. The minimum absolute atomic E-state index is 0.0933. The first kappa shape index (κ1) is 15.3. The molecule has 0 fully saturated rings. The molecule has 1 amide bonds. The van der Waals surface area contributed by atoms with Crippen molar-refractivity contribution in [2.24, 2.45) is 0 Å². The number of carbonyl (C=O) groups excluding carboxylic acids is 1. The summed E-state index contributed by atoms with van der Waals surface area (Å²) in [7, 11) is 1.73. The van der Waals surface area contributed by atoms with Crippen LogP contribution in [0.4, 0.5) is 0 Å². The number of pyridine rings is 1. The number of hydrogen-bond donors (Lipinski definition) is 0. The summed E-state index contributed by atoms with van der Waals surface area (Å²) in [6.07, 6.45) is 1.58. The molecule has 0 saturated carbocycles. The second-order valence-electron chi connectivity index (χ2n) is 4.31. The molecule has 0 atom stereocenters. The quantitative estimate of drug-likeness (QED) is 0.746. The van der Waals surface area contributed by atoms with E-state index in [0.29, 0.717) is 26.8 Å². The Kier molecular flexibility index (Phi) is 5.02. The van der Waals surface area contributed by atoms with E-state index in [1.807, 2.05) is 0 Å². The zero-order chi connectivity index (χ0) is 14.7. The highest BCUT2D eigenvalue weighted by Gasteiger charge is 2.13. The summed E-state index contributed by atoms with van der Waals surface area (Å²) in [5.41, 5.74) is 1.45. The van der Waals surface area contributed by atoms with Crippen molar-refractivity contribution >= 4 is 45.0 Å². The molecular formula is C14H11BrCl2N2O. The summed E-state index contributed by atoms with van der Waals surface area (Å²) in [4.78, 5) is 17.9. The van der Waals surface area contributed by atoms with Crippen LogP contribution in [0.1, 0.15) is 15.9 Å². The van der Waals surface area contributed by atoms with Gasteiger partial charge in [0, 0.05) is 35.4 Å². The van der Waals surface area contributed by atoms with Gasteiger partial charge in [0.2, 0.25) is 0 Å². The molecule has 0 N–H and O–H groups in total. The van der Waals surface area contributed by atoms with Gasteiger partial charge in [-0.15, -0.1) is 0 Å². The lowest BCUT2D eigenvalue weighted by Gasteiger charge is -2.17. The molecule has 1 aromatic carbocycles. The minimum Gasteiger partial charge on any atom is -0.337 e. The summed E-state index contributed by atoms with van der Waals surface area (Å²) in [6.45, 7) is 0.430. The minimum atomic E-state index is -0.0933. The third-order valence-electron chi connectivity index (χ3n) is 2.66. The van der Waals surface area contributed by atoms with Crippen molar-refractivity contribution in [1.82, 2.24) is 9.88 Å². The molecular weight excluding hydrogens is 363 g/mol. The molecule has 104 valence electrons. The van der Waals surface area contributed by atoms with Crippen LogP contribution in [0.25, 0.3) is 0 Å². The number of carbonyl (C=O) groups is 1. The van der Waals surface area contributed by atoms with E-state index in [1.54, 1.807) is 48.5 Å². The van der Waals surface area contributed by atoms with Crippen LogP contribution in [-0.2, 0) is 6.54 Å². The van der Waals surface area contributed by atoms with Crippen molar-refractivity contribution in [2.45, 2.75) is 6.54 Å². The van der Waals surface area contributed by atoms with Crippen molar-refractivity contribution in [3.63, 3.8) is 0 Å². The summed E-state index contributed by atoms with van der Waals surface area (Å²) >= 11 is 15.1. The average molecular weight is 374 g/mol. The van der Waals surface area contributed by atoms with Crippen molar-refractivity contribution in [2.75, 3.05) is 7.05 Å².